The van der Waals surface area contributed by atoms with Gasteiger partial charge in [-0.25, -0.2) is 0 Å². The third-order valence-corrected chi connectivity index (χ3v) is 5.14. The average molecular weight is 522 g/mol. The van der Waals surface area contributed by atoms with Crippen LogP contribution in [0.4, 0.5) is 0 Å². The van der Waals surface area contributed by atoms with E-state index in [0.717, 1.165) is 21.4 Å². The zero-order valence-corrected chi connectivity index (χ0v) is 19.6. The van der Waals surface area contributed by atoms with Crippen molar-refractivity contribution in [1.82, 2.24) is 5.32 Å². The first-order valence-corrected chi connectivity index (χ1v) is 10.4. The second-order valence-corrected chi connectivity index (χ2v) is 7.74. The molecule has 0 saturated heterocycles. The molecule has 0 saturated carbocycles. The van der Waals surface area contributed by atoms with Crippen LogP contribution >= 0.6 is 51.5 Å². The van der Waals surface area contributed by atoms with Crippen molar-refractivity contribution >= 4 is 51.5 Å². The van der Waals surface area contributed by atoms with Gasteiger partial charge in [0.2, 0.25) is 0 Å². The van der Waals surface area contributed by atoms with Crippen LogP contribution in [0.2, 0.25) is 10.0 Å². The molecule has 0 fully saturated rings. The minimum Gasteiger partial charge on any atom is -0.490 e. The number of benzene rings is 2. The predicted octanol–water partition coefficient (Wildman–Crippen LogP) is 7.04. The Morgan fingerprint density at radius 3 is 2.59 bits per heavy atom. The summed E-state index contributed by atoms with van der Waals surface area (Å²) in [5.41, 5.74) is 1.92. The summed E-state index contributed by atoms with van der Waals surface area (Å²) in [5, 5.41) is 4.51. The molecule has 156 valence electrons. The molecule has 1 N–H and O–H groups in total. The second-order valence-electron chi connectivity index (χ2n) is 6.05. The van der Waals surface area contributed by atoms with E-state index >= 15 is 0 Å². The van der Waals surface area contributed by atoms with Crippen LogP contribution in [0.5, 0.6) is 11.5 Å². The molecule has 1 aromatic heterocycles. The van der Waals surface area contributed by atoms with Crippen LogP contribution < -0.4 is 14.8 Å². The van der Waals surface area contributed by atoms with Gasteiger partial charge in [0.1, 0.15) is 12.4 Å². The fourth-order valence-electron chi connectivity index (χ4n) is 2.66. The topological polar surface area (TPSA) is 43.6 Å². The zero-order chi connectivity index (χ0) is 19.9. The maximum absolute atomic E-state index is 6.24. The third-order valence-electron chi connectivity index (χ3n) is 3.96. The van der Waals surface area contributed by atoms with Crippen molar-refractivity contribution in [1.29, 1.82) is 0 Å². The summed E-state index contributed by atoms with van der Waals surface area (Å²) in [7, 11) is 0. The van der Waals surface area contributed by atoms with Crippen LogP contribution in [-0.4, -0.2) is 6.61 Å². The van der Waals surface area contributed by atoms with Gasteiger partial charge in [-0.1, -0.05) is 29.3 Å². The summed E-state index contributed by atoms with van der Waals surface area (Å²) in [6.45, 7) is 4.11. The molecule has 0 atom stereocenters. The molecule has 0 radical (unpaired) electrons. The number of hydrogen-bond acceptors (Lipinski definition) is 4. The Balaban J connectivity index is 0.00000300. The average Bonchev–Trinajstić information content (AvgIpc) is 3.16. The number of halogens is 4. The van der Waals surface area contributed by atoms with Gasteiger partial charge in [-0.3, -0.25) is 0 Å². The number of rotatable bonds is 9. The first kappa shape index (κ1) is 23.9. The fourth-order valence-corrected chi connectivity index (χ4v) is 3.73. The number of nitrogens with one attached hydrogen (secondary N) is 1. The molecular weight excluding hydrogens is 500 g/mol. The first-order chi connectivity index (χ1) is 13.6. The Morgan fingerprint density at radius 1 is 1.07 bits per heavy atom. The van der Waals surface area contributed by atoms with Gasteiger partial charge < -0.3 is 19.2 Å². The van der Waals surface area contributed by atoms with E-state index in [4.69, 9.17) is 37.1 Å². The van der Waals surface area contributed by atoms with Crippen molar-refractivity contribution < 1.29 is 13.9 Å². The van der Waals surface area contributed by atoms with Crippen molar-refractivity contribution in [2.24, 2.45) is 0 Å². The smallest absolute Gasteiger partial charge is 0.175 e. The van der Waals surface area contributed by atoms with Crippen molar-refractivity contribution in [3.63, 3.8) is 0 Å². The van der Waals surface area contributed by atoms with Crippen LogP contribution in [-0.2, 0) is 19.7 Å². The molecule has 0 spiro atoms. The van der Waals surface area contributed by atoms with Gasteiger partial charge in [0.05, 0.1) is 23.9 Å². The largest absolute Gasteiger partial charge is 0.490 e. The molecule has 0 aliphatic heterocycles. The lowest BCUT2D eigenvalue weighted by molar-refractivity contribution is 0.267. The molecule has 0 aliphatic carbocycles. The van der Waals surface area contributed by atoms with E-state index in [1.165, 1.54) is 0 Å². The summed E-state index contributed by atoms with van der Waals surface area (Å²) in [6.07, 6.45) is 1.67. The summed E-state index contributed by atoms with van der Waals surface area (Å²) in [6, 6.07) is 13.1. The third kappa shape index (κ3) is 6.83. The van der Waals surface area contributed by atoms with Gasteiger partial charge in [-0.15, -0.1) is 12.4 Å². The van der Waals surface area contributed by atoms with Crippen LogP contribution in [0.3, 0.4) is 0 Å². The van der Waals surface area contributed by atoms with E-state index < -0.39 is 0 Å². The van der Waals surface area contributed by atoms with Gasteiger partial charge in [0, 0.05) is 22.2 Å². The molecule has 0 aliphatic rings. The molecule has 0 amide bonds. The van der Waals surface area contributed by atoms with Crippen molar-refractivity contribution in [2.45, 2.75) is 26.6 Å². The standard InChI is InChI=1S/C21H20BrCl2NO3.ClH/c1-2-26-20-9-14(11-25-12-17-4-3-7-27-17)8-18(22)21(20)28-13-15-5-6-16(23)10-19(15)24;/h3-10,25H,2,11-13H2,1H3;1H. The minimum atomic E-state index is 0. The lowest BCUT2D eigenvalue weighted by Crippen LogP contribution is -2.12. The molecule has 0 unspecified atom stereocenters. The Bertz CT molecular complexity index is 920. The van der Waals surface area contributed by atoms with E-state index in [0.29, 0.717) is 47.8 Å². The van der Waals surface area contributed by atoms with Crippen LogP contribution in [0, 0.1) is 0 Å². The Hall–Kier alpha value is -1.37. The van der Waals surface area contributed by atoms with E-state index in [-0.39, 0.29) is 12.4 Å². The van der Waals surface area contributed by atoms with E-state index in [1.807, 2.05) is 37.3 Å². The SMILES string of the molecule is CCOc1cc(CNCc2ccco2)cc(Br)c1OCc1ccc(Cl)cc1Cl.Cl. The number of furan rings is 1. The van der Waals surface area contributed by atoms with E-state index in [9.17, 15) is 0 Å². The first-order valence-electron chi connectivity index (χ1n) is 8.82. The Kier molecular flexibility index (Phi) is 9.66. The Labute approximate surface area is 195 Å². The highest BCUT2D eigenvalue weighted by molar-refractivity contribution is 9.10. The van der Waals surface area contributed by atoms with Gasteiger partial charge in [-0.05, 0) is 64.8 Å². The number of ether oxygens (including phenoxy) is 2. The lowest BCUT2D eigenvalue weighted by Gasteiger charge is -2.16. The highest BCUT2D eigenvalue weighted by atomic mass is 79.9. The van der Waals surface area contributed by atoms with Crippen molar-refractivity contribution in [2.75, 3.05) is 6.61 Å². The summed E-state index contributed by atoms with van der Waals surface area (Å²) < 4.78 is 18.0. The molecule has 2 aromatic carbocycles. The number of hydrogen-bond donors (Lipinski definition) is 1. The second kappa shape index (κ2) is 11.7. The molecular formula is C21H21BrCl3NO3. The molecule has 4 nitrogen and oxygen atoms in total. The molecule has 0 bridgehead atoms. The van der Waals surface area contributed by atoms with Gasteiger partial charge >= 0.3 is 0 Å². The van der Waals surface area contributed by atoms with Gasteiger partial charge in [0.15, 0.2) is 11.5 Å². The Morgan fingerprint density at radius 2 is 1.90 bits per heavy atom. The monoisotopic (exact) mass is 519 g/mol. The van der Waals surface area contributed by atoms with Crippen LogP contribution in [0.1, 0.15) is 23.8 Å². The molecule has 1 heterocycles. The lowest BCUT2D eigenvalue weighted by atomic mass is 10.2. The summed E-state index contributed by atoms with van der Waals surface area (Å²) in [4.78, 5) is 0. The molecule has 3 rings (SSSR count). The maximum Gasteiger partial charge on any atom is 0.175 e. The summed E-state index contributed by atoms with van der Waals surface area (Å²) >= 11 is 15.8. The predicted molar refractivity (Wildman–Crippen MR) is 123 cm³/mol. The van der Waals surface area contributed by atoms with Crippen molar-refractivity contribution in [3.05, 3.63) is 80.1 Å². The minimum absolute atomic E-state index is 0. The highest BCUT2D eigenvalue weighted by Gasteiger charge is 2.14. The fraction of sp³-hybridized carbons (Fsp3) is 0.238. The maximum atomic E-state index is 6.24. The normalized spacial score (nSPS) is 10.5. The molecule has 29 heavy (non-hydrogen) atoms. The highest BCUT2D eigenvalue weighted by Crippen LogP contribution is 2.38. The zero-order valence-electron chi connectivity index (χ0n) is 15.7. The molecule has 3 aromatic rings. The van der Waals surface area contributed by atoms with Crippen molar-refractivity contribution in [3.8, 4) is 11.5 Å². The van der Waals surface area contributed by atoms with Crippen LogP contribution in [0.25, 0.3) is 0 Å². The molecule has 8 heteroatoms. The quantitative estimate of drug-likeness (QED) is 0.328. The van der Waals surface area contributed by atoms with Gasteiger partial charge in [-0.2, -0.15) is 0 Å². The summed E-state index contributed by atoms with van der Waals surface area (Å²) in [5.74, 6) is 2.21. The van der Waals surface area contributed by atoms with Crippen LogP contribution in [0.15, 0.2) is 57.6 Å². The van der Waals surface area contributed by atoms with Gasteiger partial charge in [0.25, 0.3) is 0 Å². The van der Waals surface area contributed by atoms with E-state index in [1.54, 1.807) is 18.4 Å². The van der Waals surface area contributed by atoms with E-state index in [2.05, 4.69) is 21.2 Å².